The first-order valence-electron chi connectivity index (χ1n) is 6.41. The quantitative estimate of drug-likeness (QED) is 0.702. The van der Waals surface area contributed by atoms with Crippen LogP contribution in [-0.4, -0.2) is 6.54 Å². The van der Waals surface area contributed by atoms with Crippen LogP contribution in [0, 0.1) is 0 Å². The van der Waals surface area contributed by atoms with Crippen LogP contribution in [0.1, 0.15) is 51.3 Å². The highest BCUT2D eigenvalue weighted by molar-refractivity contribution is 5.40. The molecule has 1 aliphatic rings. The SMILES string of the molecule is CC.CC(C)(C)c1cccc2c1CNCC2. The normalized spacial score (nSPS) is 14.8. The summed E-state index contributed by atoms with van der Waals surface area (Å²) in [5, 5.41) is 3.45. The Morgan fingerprint density at radius 3 is 2.44 bits per heavy atom. The number of nitrogens with one attached hydrogen (secondary N) is 1. The van der Waals surface area contributed by atoms with Crippen LogP contribution in [0.4, 0.5) is 0 Å². The minimum Gasteiger partial charge on any atom is -0.312 e. The minimum atomic E-state index is 0.268. The predicted molar refractivity (Wildman–Crippen MR) is 71.9 cm³/mol. The Hall–Kier alpha value is -0.820. The standard InChI is InChI=1S/C13H19N.C2H6/c1-13(2,3)12-6-4-5-10-7-8-14-9-11(10)12;1-2/h4-6,14H,7-9H2,1-3H3;1-2H3. The summed E-state index contributed by atoms with van der Waals surface area (Å²) >= 11 is 0. The van der Waals surface area contributed by atoms with E-state index in [1.807, 2.05) is 13.8 Å². The first kappa shape index (κ1) is 13.2. The zero-order chi connectivity index (χ0) is 12.2. The highest BCUT2D eigenvalue weighted by atomic mass is 14.9. The Morgan fingerprint density at radius 2 is 1.81 bits per heavy atom. The summed E-state index contributed by atoms with van der Waals surface area (Å²) in [7, 11) is 0. The highest BCUT2D eigenvalue weighted by Gasteiger charge is 2.20. The molecule has 0 spiro atoms. The van der Waals surface area contributed by atoms with Gasteiger partial charge in [0.25, 0.3) is 0 Å². The molecule has 0 aliphatic carbocycles. The Kier molecular flexibility index (Phi) is 4.55. The third kappa shape index (κ3) is 2.85. The van der Waals surface area contributed by atoms with Crippen molar-refractivity contribution in [3.8, 4) is 0 Å². The van der Waals surface area contributed by atoms with Crippen LogP contribution in [0.2, 0.25) is 0 Å². The van der Waals surface area contributed by atoms with Crippen molar-refractivity contribution in [2.75, 3.05) is 6.54 Å². The van der Waals surface area contributed by atoms with Crippen molar-refractivity contribution in [1.82, 2.24) is 5.32 Å². The molecule has 0 saturated heterocycles. The molecule has 16 heavy (non-hydrogen) atoms. The lowest BCUT2D eigenvalue weighted by molar-refractivity contribution is 0.559. The van der Waals surface area contributed by atoms with Crippen molar-refractivity contribution in [1.29, 1.82) is 0 Å². The molecule has 0 fully saturated rings. The molecule has 0 aromatic heterocycles. The maximum atomic E-state index is 3.45. The molecule has 2 rings (SSSR count). The summed E-state index contributed by atoms with van der Waals surface area (Å²) in [5.74, 6) is 0. The molecular weight excluding hydrogens is 194 g/mol. The van der Waals surface area contributed by atoms with Crippen molar-refractivity contribution in [3.63, 3.8) is 0 Å². The van der Waals surface area contributed by atoms with Crippen LogP contribution in [0.3, 0.4) is 0 Å². The molecule has 0 atom stereocenters. The topological polar surface area (TPSA) is 12.0 Å². The van der Waals surface area contributed by atoms with Gasteiger partial charge in [-0.3, -0.25) is 0 Å². The summed E-state index contributed by atoms with van der Waals surface area (Å²) in [4.78, 5) is 0. The highest BCUT2D eigenvalue weighted by Crippen LogP contribution is 2.29. The van der Waals surface area contributed by atoms with Crippen molar-refractivity contribution < 1.29 is 0 Å². The van der Waals surface area contributed by atoms with Crippen LogP contribution in [0.15, 0.2) is 18.2 Å². The van der Waals surface area contributed by atoms with E-state index in [4.69, 9.17) is 0 Å². The molecule has 1 heterocycles. The Labute approximate surface area is 100 Å². The average molecular weight is 219 g/mol. The second-order valence-electron chi connectivity index (χ2n) is 5.12. The molecule has 90 valence electrons. The van der Waals surface area contributed by atoms with Gasteiger partial charge in [0.1, 0.15) is 0 Å². The fourth-order valence-corrected chi connectivity index (χ4v) is 2.22. The van der Waals surface area contributed by atoms with Gasteiger partial charge in [-0.25, -0.2) is 0 Å². The molecule has 1 aromatic carbocycles. The predicted octanol–water partition coefficient (Wildman–Crippen LogP) is 3.66. The maximum absolute atomic E-state index is 3.45. The molecule has 1 aromatic rings. The zero-order valence-electron chi connectivity index (χ0n) is 11.4. The number of hydrogen-bond donors (Lipinski definition) is 1. The smallest absolute Gasteiger partial charge is 0.0211 e. The van der Waals surface area contributed by atoms with E-state index in [1.54, 1.807) is 0 Å². The molecule has 1 heteroatoms. The second kappa shape index (κ2) is 5.49. The lowest BCUT2D eigenvalue weighted by Gasteiger charge is -2.27. The first-order valence-corrected chi connectivity index (χ1v) is 6.41. The Bertz CT molecular complexity index is 334. The summed E-state index contributed by atoms with van der Waals surface area (Å²) in [6, 6.07) is 6.74. The minimum absolute atomic E-state index is 0.268. The molecule has 0 radical (unpaired) electrons. The number of hydrogen-bond acceptors (Lipinski definition) is 1. The number of rotatable bonds is 0. The molecular formula is C15H25N. The van der Waals surface area contributed by atoms with E-state index in [0.29, 0.717) is 0 Å². The first-order chi connectivity index (χ1) is 7.59. The third-order valence-electron chi connectivity index (χ3n) is 2.95. The van der Waals surface area contributed by atoms with E-state index in [0.717, 1.165) is 13.1 Å². The van der Waals surface area contributed by atoms with Gasteiger partial charge in [0, 0.05) is 6.54 Å². The summed E-state index contributed by atoms with van der Waals surface area (Å²) in [5.41, 5.74) is 4.84. The number of fused-ring (bicyclic) bond motifs is 1. The van der Waals surface area contributed by atoms with E-state index >= 15 is 0 Å². The van der Waals surface area contributed by atoms with Gasteiger partial charge in [0.15, 0.2) is 0 Å². The lowest BCUT2D eigenvalue weighted by atomic mass is 9.81. The maximum Gasteiger partial charge on any atom is 0.0211 e. The molecule has 0 saturated carbocycles. The van der Waals surface area contributed by atoms with E-state index in [1.165, 1.54) is 23.1 Å². The molecule has 1 nitrogen and oxygen atoms in total. The summed E-state index contributed by atoms with van der Waals surface area (Å²) in [6.07, 6.45) is 1.18. The van der Waals surface area contributed by atoms with Gasteiger partial charge in [-0.2, -0.15) is 0 Å². The van der Waals surface area contributed by atoms with E-state index in [9.17, 15) is 0 Å². The monoisotopic (exact) mass is 219 g/mol. The molecule has 0 bridgehead atoms. The molecule has 1 N–H and O–H groups in total. The Morgan fingerprint density at radius 1 is 1.12 bits per heavy atom. The van der Waals surface area contributed by atoms with Crippen molar-refractivity contribution in [2.45, 2.75) is 53.0 Å². The van der Waals surface area contributed by atoms with E-state index in [2.05, 4.69) is 44.3 Å². The molecule has 0 amide bonds. The zero-order valence-corrected chi connectivity index (χ0v) is 11.4. The second-order valence-corrected chi connectivity index (χ2v) is 5.12. The van der Waals surface area contributed by atoms with Gasteiger partial charge in [-0.15, -0.1) is 0 Å². The fourth-order valence-electron chi connectivity index (χ4n) is 2.22. The average Bonchev–Trinajstić information content (AvgIpc) is 2.30. The van der Waals surface area contributed by atoms with E-state index in [-0.39, 0.29) is 5.41 Å². The summed E-state index contributed by atoms with van der Waals surface area (Å²) in [6.45, 7) is 13.0. The van der Waals surface area contributed by atoms with Crippen LogP contribution in [-0.2, 0) is 18.4 Å². The van der Waals surface area contributed by atoms with Gasteiger partial charge in [-0.05, 0) is 35.1 Å². The van der Waals surface area contributed by atoms with Crippen molar-refractivity contribution in [3.05, 3.63) is 34.9 Å². The van der Waals surface area contributed by atoms with E-state index < -0.39 is 0 Å². The lowest BCUT2D eigenvalue weighted by Crippen LogP contribution is -2.27. The van der Waals surface area contributed by atoms with Crippen LogP contribution >= 0.6 is 0 Å². The Balaban J connectivity index is 0.000000606. The van der Waals surface area contributed by atoms with Crippen LogP contribution < -0.4 is 5.32 Å². The molecule has 1 aliphatic heterocycles. The van der Waals surface area contributed by atoms with Crippen LogP contribution in [0.5, 0.6) is 0 Å². The van der Waals surface area contributed by atoms with Gasteiger partial charge in [-0.1, -0.05) is 52.8 Å². The van der Waals surface area contributed by atoms with Gasteiger partial charge < -0.3 is 5.32 Å². The third-order valence-corrected chi connectivity index (χ3v) is 2.95. The van der Waals surface area contributed by atoms with Crippen LogP contribution in [0.25, 0.3) is 0 Å². The molecule has 0 unspecified atom stereocenters. The van der Waals surface area contributed by atoms with Crippen molar-refractivity contribution in [2.24, 2.45) is 0 Å². The largest absolute Gasteiger partial charge is 0.312 e. The van der Waals surface area contributed by atoms with Gasteiger partial charge in [0.05, 0.1) is 0 Å². The van der Waals surface area contributed by atoms with Crippen molar-refractivity contribution >= 4 is 0 Å². The van der Waals surface area contributed by atoms with Gasteiger partial charge >= 0.3 is 0 Å². The van der Waals surface area contributed by atoms with Gasteiger partial charge in [0.2, 0.25) is 0 Å². The fraction of sp³-hybridized carbons (Fsp3) is 0.600. The number of benzene rings is 1. The summed E-state index contributed by atoms with van der Waals surface area (Å²) < 4.78 is 0.